The van der Waals surface area contributed by atoms with Gasteiger partial charge in [-0.25, -0.2) is 0 Å². The third kappa shape index (κ3) is 3.55. The molecule has 2 rings (SSSR count). The standard InChI is InChI=1S/C14H16BrN3O/c15-11-4-3-10(9-16)12(7-11)18-13(19)8-14(17)5-1-2-6-14/h3-4,7H,1-2,5-6,8,17H2,(H,18,19). The fourth-order valence-corrected chi connectivity index (χ4v) is 2.85. The largest absolute Gasteiger partial charge is 0.325 e. The van der Waals surface area contributed by atoms with Gasteiger partial charge in [0, 0.05) is 16.4 Å². The summed E-state index contributed by atoms with van der Waals surface area (Å²) in [6.45, 7) is 0. The number of carbonyl (C=O) groups is 1. The van der Waals surface area contributed by atoms with Crippen LogP contribution in [0.2, 0.25) is 0 Å². The van der Waals surface area contributed by atoms with Crippen LogP contribution in [0.4, 0.5) is 5.69 Å². The van der Waals surface area contributed by atoms with E-state index < -0.39 is 0 Å². The highest BCUT2D eigenvalue weighted by Gasteiger charge is 2.31. The van der Waals surface area contributed by atoms with Crippen molar-refractivity contribution in [3.63, 3.8) is 0 Å². The molecule has 1 aromatic carbocycles. The minimum atomic E-state index is -0.372. The van der Waals surface area contributed by atoms with E-state index in [2.05, 4.69) is 27.3 Å². The van der Waals surface area contributed by atoms with Crippen molar-refractivity contribution < 1.29 is 4.79 Å². The second-order valence-electron chi connectivity index (χ2n) is 5.10. The first-order valence-electron chi connectivity index (χ1n) is 6.31. The van der Waals surface area contributed by atoms with E-state index in [0.717, 1.165) is 30.2 Å². The van der Waals surface area contributed by atoms with Gasteiger partial charge in [0.1, 0.15) is 6.07 Å². The van der Waals surface area contributed by atoms with Crippen molar-refractivity contribution in [3.05, 3.63) is 28.2 Å². The number of halogens is 1. The lowest BCUT2D eigenvalue weighted by Gasteiger charge is -2.22. The van der Waals surface area contributed by atoms with Crippen LogP contribution in [0.3, 0.4) is 0 Å². The predicted molar refractivity (Wildman–Crippen MR) is 77.5 cm³/mol. The first kappa shape index (κ1) is 14.0. The highest BCUT2D eigenvalue weighted by Crippen LogP contribution is 2.30. The monoisotopic (exact) mass is 321 g/mol. The molecule has 4 nitrogen and oxygen atoms in total. The summed E-state index contributed by atoms with van der Waals surface area (Å²) in [5, 5.41) is 11.8. The van der Waals surface area contributed by atoms with E-state index in [1.54, 1.807) is 18.2 Å². The van der Waals surface area contributed by atoms with E-state index in [1.165, 1.54) is 0 Å². The molecule has 1 aromatic rings. The Bertz CT molecular complexity index is 530. The minimum absolute atomic E-state index is 0.126. The van der Waals surface area contributed by atoms with Crippen LogP contribution in [0.5, 0.6) is 0 Å². The molecule has 1 amide bonds. The van der Waals surface area contributed by atoms with E-state index in [1.807, 2.05) is 0 Å². The van der Waals surface area contributed by atoms with Gasteiger partial charge in [-0.1, -0.05) is 28.8 Å². The van der Waals surface area contributed by atoms with Gasteiger partial charge in [-0.05, 0) is 31.0 Å². The van der Waals surface area contributed by atoms with Gasteiger partial charge in [0.2, 0.25) is 5.91 Å². The Balaban J connectivity index is 2.07. The molecule has 0 spiro atoms. The smallest absolute Gasteiger partial charge is 0.226 e. The van der Waals surface area contributed by atoms with Gasteiger partial charge in [-0.3, -0.25) is 4.79 Å². The number of hydrogen-bond donors (Lipinski definition) is 2. The molecular weight excluding hydrogens is 306 g/mol. The van der Waals surface area contributed by atoms with Crippen molar-refractivity contribution >= 4 is 27.5 Å². The molecule has 0 heterocycles. The molecule has 1 saturated carbocycles. The van der Waals surface area contributed by atoms with Gasteiger partial charge in [-0.2, -0.15) is 5.26 Å². The van der Waals surface area contributed by atoms with E-state index in [-0.39, 0.29) is 11.4 Å². The third-order valence-corrected chi connectivity index (χ3v) is 3.98. The molecule has 0 bridgehead atoms. The number of carbonyl (C=O) groups excluding carboxylic acids is 1. The lowest BCUT2D eigenvalue weighted by Crippen LogP contribution is -2.40. The molecule has 0 atom stereocenters. The number of rotatable bonds is 3. The molecule has 0 saturated heterocycles. The molecule has 0 aromatic heterocycles. The van der Waals surface area contributed by atoms with Gasteiger partial charge in [-0.15, -0.1) is 0 Å². The lowest BCUT2D eigenvalue weighted by molar-refractivity contribution is -0.117. The van der Waals surface area contributed by atoms with Crippen LogP contribution < -0.4 is 11.1 Å². The van der Waals surface area contributed by atoms with Crippen molar-refractivity contribution in [2.45, 2.75) is 37.6 Å². The van der Waals surface area contributed by atoms with E-state index >= 15 is 0 Å². The van der Waals surface area contributed by atoms with Crippen LogP contribution in [-0.4, -0.2) is 11.4 Å². The molecule has 0 unspecified atom stereocenters. The number of benzene rings is 1. The maximum Gasteiger partial charge on any atom is 0.226 e. The molecule has 1 aliphatic rings. The summed E-state index contributed by atoms with van der Waals surface area (Å²) in [7, 11) is 0. The van der Waals surface area contributed by atoms with Gasteiger partial charge in [0.05, 0.1) is 11.3 Å². The zero-order chi connectivity index (χ0) is 13.9. The van der Waals surface area contributed by atoms with E-state index in [4.69, 9.17) is 11.0 Å². The lowest BCUT2D eigenvalue weighted by atomic mass is 9.94. The van der Waals surface area contributed by atoms with E-state index in [9.17, 15) is 4.79 Å². The van der Waals surface area contributed by atoms with Crippen LogP contribution in [0, 0.1) is 11.3 Å². The summed E-state index contributed by atoms with van der Waals surface area (Å²) in [6, 6.07) is 7.24. The second-order valence-corrected chi connectivity index (χ2v) is 6.01. The van der Waals surface area contributed by atoms with Crippen LogP contribution in [0.25, 0.3) is 0 Å². The molecule has 1 aliphatic carbocycles. The number of nitrogens with zero attached hydrogens (tertiary/aromatic N) is 1. The SMILES string of the molecule is N#Cc1ccc(Br)cc1NC(=O)CC1(N)CCCC1. The molecule has 100 valence electrons. The van der Waals surface area contributed by atoms with Crippen molar-refractivity contribution in [2.75, 3.05) is 5.32 Å². The average molecular weight is 322 g/mol. The zero-order valence-corrected chi connectivity index (χ0v) is 12.2. The molecule has 19 heavy (non-hydrogen) atoms. The van der Waals surface area contributed by atoms with Crippen molar-refractivity contribution in [3.8, 4) is 6.07 Å². The maximum atomic E-state index is 12.0. The highest BCUT2D eigenvalue weighted by atomic mass is 79.9. The highest BCUT2D eigenvalue weighted by molar-refractivity contribution is 9.10. The third-order valence-electron chi connectivity index (χ3n) is 3.49. The molecule has 0 aliphatic heterocycles. The van der Waals surface area contributed by atoms with Gasteiger partial charge < -0.3 is 11.1 Å². The van der Waals surface area contributed by atoms with Crippen LogP contribution in [0.1, 0.15) is 37.7 Å². The van der Waals surface area contributed by atoms with E-state index in [0.29, 0.717) is 17.7 Å². The van der Waals surface area contributed by atoms with Gasteiger partial charge in [0.15, 0.2) is 0 Å². The fraction of sp³-hybridized carbons (Fsp3) is 0.429. The normalized spacial score (nSPS) is 16.9. The first-order valence-corrected chi connectivity index (χ1v) is 7.10. The number of nitriles is 1. The maximum absolute atomic E-state index is 12.0. The molecular formula is C14H16BrN3O. The second kappa shape index (κ2) is 5.72. The molecule has 1 fully saturated rings. The fourth-order valence-electron chi connectivity index (χ4n) is 2.49. The van der Waals surface area contributed by atoms with Gasteiger partial charge >= 0.3 is 0 Å². The molecule has 3 N–H and O–H groups in total. The number of hydrogen-bond acceptors (Lipinski definition) is 3. The van der Waals surface area contributed by atoms with Crippen LogP contribution >= 0.6 is 15.9 Å². The Morgan fingerprint density at radius 1 is 1.47 bits per heavy atom. The molecule has 0 radical (unpaired) electrons. The van der Waals surface area contributed by atoms with Crippen LogP contribution in [-0.2, 0) is 4.79 Å². The minimum Gasteiger partial charge on any atom is -0.325 e. The summed E-state index contributed by atoms with van der Waals surface area (Å²) in [5.41, 5.74) is 6.79. The van der Waals surface area contributed by atoms with Crippen LogP contribution in [0.15, 0.2) is 22.7 Å². The summed E-state index contributed by atoms with van der Waals surface area (Å²) in [5.74, 6) is -0.126. The van der Waals surface area contributed by atoms with Crippen molar-refractivity contribution in [1.82, 2.24) is 0 Å². The Morgan fingerprint density at radius 2 is 2.16 bits per heavy atom. The first-order chi connectivity index (χ1) is 9.02. The Hall–Kier alpha value is -1.38. The Kier molecular flexibility index (Phi) is 4.23. The quantitative estimate of drug-likeness (QED) is 0.898. The Morgan fingerprint density at radius 3 is 2.79 bits per heavy atom. The predicted octanol–water partition coefficient (Wildman–Crippen LogP) is 2.92. The summed E-state index contributed by atoms with van der Waals surface area (Å²) in [6.07, 6.45) is 4.27. The summed E-state index contributed by atoms with van der Waals surface area (Å²) in [4.78, 5) is 12.0. The summed E-state index contributed by atoms with van der Waals surface area (Å²) < 4.78 is 0.824. The number of nitrogens with one attached hydrogen (secondary N) is 1. The topological polar surface area (TPSA) is 78.9 Å². The number of anilines is 1. The molecule has 5 heteroatoms. The Labute approximate surface area is 121 Å². The number of nitrogens with two attached hydrogens (primary N) is 1. The average Bonchev–Trinajstić information content (AvgIpc) is 2.75. The summed E-state index contributed by atoms with van der Waals surface area (Å²) >= 11 is 3.33. The zero-order valence-electron chi connectivity index (χ0n) is 10.6. The number of amides is 1. The van der Waals surface area contributed by atoms with Crippen molar-refractivity contribution in [2.24, 2.45) is 5.73 Å². The van der Waals surface area contributed by atoms with Gasteiger partial charge in [0.25, 0.3) is 0 Å². The van der Waals surface area contributed by atoms with Crippen molar-refractivity contribution in [1.29, 1.82) is 5.26 Å².